The van der Waals surface area contributed by atoms with Crippen molar-refractivity contribution in [2.24, 2.45) is 11.8 Å². The van der Waals surface area contributed by atoms with Crippen molar-refractivity contribution in [3.05, 3.63) is 70.4 Å². The Morgan fingerprint density at radius 1 is 1.03 bits per heavy atom. The lowest BCUT2D eigenvalue weighted by atomic mass is 9.96. The van der Waals surface area contributed by atoms with Crippen LogP contribution in [0.15, 0.2) is 48.5 Å². The maximum atomic E-state index is 11.4. The van der Waals surface area contributed by atoms with Gasteiger partial charge in [0.15, 0.2) is 0 Å². The number of carboxylic acids is 1. The van der Waals surface area contributed by atoms with Crippen molar-refractivity contribution in [1.82, 2.24) is 4.98 Å². The van der Waals surface area contributed by atoms with Gasteiger partial charge in [0.1, 0.15) is 5.00 Å². The van der Waals surface area contributed by atoms with Gasteiger partial charge < -0.3 is 15.3 Å². The zero-order chi connectivity index (χ0) is 25.5. The van der Waals surface area contributed by atoms with E-state index >= 15 is 0 Å². The minimum Gasteiger partial charge on any atom is -0.481 e. The van der Waals surface area contributed by atoms with E-state index in [1.807, 2.05) is 19.9 Å². The SMILES string of the molecule is Cc1nc(Cc2ccccc2)c(Nc2cc(C(C)CC(=O)O)ccc2N(CC(C)C)CC(C)C)s1. The number of anilines is 3. The fourth-order valence-corrected chi connectivity index (χ4v) is 5.22. The average Bonchev–Trinajstić information content (AvgIpc) is 3.11. The molecule has 0 aliphatic heterocycles. The standard InChI is InChI=1S/C29H39N3O2S/c1-19(2)17-32(18-20(3)4)27-13-12-24(21(5)14-28(33)34)16-25(27)31-29-26(30-22(6)35-29)15-23-10-8-7-9-11-23/h7-13,16,19-21,31H,14-15,17-18H2,1-6H3,(H,33,34). The molecule has 1 aromatic heterocycles. The topological polar surface area (TPSA) is 65.5 Å². The smallest absolute Gasteiger partial charge is 0.303 e. The highest BCUT2D eigenvalue weighted by molar-refractivity contribution is 7.15. The van der Waals surface area contributed by atoms with E-state index in [0.29, 0.717) is 11.8 Å². The molecule has 5 nitrogen and oxygen atoms in total. The first-order valence-electron chi connectivity index (χ1n) is 12.5. The van der Waals surface area contributed by atoms with Gasteiger partial charge in [-0.05, 0) is 47.9 Å². The van der Waals surface area contributed by atoms with Crippen LogP contribution in [0.1, 0.15) is 68.8 Å². The fourth-order valence-electron chi connectivity index (χ4n) is 4.37. The van der Waals surface area contributed by atoms with E-state index in [9.17, 15) is 9.90 Å². The predicted molar refractivity (Wildman–Crippen MR) is 148 cm³/mol. The van der Waals surface area contributed by atoms with E-state index in [4.69, 9.17) is 4.98 Å². The lowest BCUT2D eigenvalue weighted by Crippen LogP contribution is -2.31. The molecule has 35 heavy (non-hydrogen) atoms. The number of aliphatic carboxylic acids is 1. The Morgan fingerprint density at radius 2 is 1.69 bits per heavy atom. The number of thiazole rings is 1. The van der Waals surface area contributed by atoms with Gasteiger partial charge in [0.05, 0.1) is 28.5 Å². The molecule has 1 atom stereocenters. The predicted octanol–water partition coefficient (Wildman–Crippen LogP) is 7.48. The van der Waals surface area contributed by atoms with Gasteiger partial charge in [-0.3, -0.25) is 4.79 Å². The molecule has 1 unspecified atom stereocenters. The Morgan fingerprint density at radius 3 is 2.29 bits per heavy atom. The van der Waals surface area contributed by atoms with Crippen molar-refractivity contribution >= 4 is 33.7 Å². The maximum absolute atomic E-state index is 11.4. The summed E-state index contributed by atoms with van der Waals surface area (Å²) < 4.78 is 0. The second-order valence-corrected chi connectivity index (χ2v) is 11.5. The summed E-state index contributed by atoms with van der Waals surface area (Å²) in [5, 5.41) is 15.1. The van der Waals surface area contributed by atoms with E-state index in [1.54, 1.807) is 11.3 Å². The number of nitrogens with zero attached hydrogens (tertiary/aromatic N) is 2. The molecule has 188 valence electrons. The Balaban J connectivity index is 2.03. The van der Waals surface area contributed by atoms with Crippen molar-refractivity contribution in [3.8, 4) is 0 Å². The third-order valence-corrected chi connectivity index (χ3v) is 6.78. The highest BCUT2D eigenvalue weighted by Gasteiger charge is 2.20. The van der Waals surface area contributed by atoms with Gasteiger partial charge in [0.2, 0.25) is 0 Å². The Labute approximate surface area is 214 Å². The average molecular weight is 494 g/mol. The maximum Gasteiger partial charge on any atom is 0.303 e. The molecule has 3 rings (SSSR count). The minimum atomic E-state index is -0.777. The van der Waals surface area contributed by atoms with Crippen molar-refractivity contribution < 1.29 is 9.90 Å². The third-order valence-electron chi connectivity index (χ3n) is 5.85. The molecule has 0 aliphatic carbocycles. The van der Waals surface area contributed by atoms with E-state index in [-0.39, 0.29) is 12.3 Å². The third kappa shape index (κ3) is 7.82. The van der Waals surface area contributed by atoms with Crippen LogP contribution in [0.25, 0.3) is 0 Å². The highest BCUT2D eigenvalue weighted by Crippen LogP contribution is 2.37. The summed E-state index contributed by atoms with van der Waals surface area (Å²) in [5.74, 6) is 0.191. The lowest BCUT2D eigenvalue weighted by molar-refractivity contribution is -0.137. The molecule has 0 fully saturated rings. The first kappa shape index (κ1) is 26.7. The van der Waals surface area contributed by atoms with Crippen molar-refractivity contribution in [2.45, 2.75) is 60.3 Å². The number of benzene rings is 2. The van der Waals surface area contributed by atoms with Crippen LogP contribution in [0.2, 0.25) is 0 Å². The second-order valence-electron chi connectivity index (χ2n) is 10.3. The van der Waals surface area contributed by atoms with Gasteiger partial charge in [-0.15, -0.1) is 11.3 Å². The van der Waals surface area contributed by atoms with Crippen LogP contribution < -0.4 is 10.2 Å². The summed E-state index contributed by atoms with van der Waals surface area (Å²) in [6, 6.07) is 16.8. The van der Waals surface area contributed by atoms with Crippen LogP contribution in [0.3, 0.4) is 0 Å². The van der Waals surface area contributed by atoms with Crippen molar-refractivity contribution in [3.63, 3.8) is 0 Å². The normalized spacial score (nSPS) is 12.2. The first-order valence-corrected chi connectivity index (χ1v) is 13.3. The van der Waals surface area contributed by atoms with Crippen molar-refractivity contribution in [1.29, 1.82) is 0 Å². The van der Waals surface area contributed by atoms with Crippen molar-refractivity contribution in [2.75, 3.05) is 23.3 Å². The van der Waals surface area contributed by atoms with Crippen LogP contribution in [-0.2, 0) is 11.2 Å². The molecule has 0 aliphatic rings. The summed E-state index contributed by atoms with van der Waals surface area (Å²) in [5.41, 5.74) is 5.45. The molecule has 2 N–H and O–H groups in total. The number of carboxylic acid groups (broad SMARTS) is 1. The quantitative estimate of drug-likeness (QED) is 0.274. The second kappa shape index (κ2) is 12.2. The number of carbonyl (C=O) groups is 1. The molecule has 0 saturated heterocycles. The van der Waals surface area contributed by atoms with Gasteiger partial charge in [-0.1, -0.05) is 71.0 Å². The number of hydrogen-bond acceptors (Lipinski definition) is 5. The molecule has 1 heterocycles. The highest BCUT2D eigenvalue weighted by atomic mass is 32.1. The minimum absolute atomic E-state index is 0.0715. The van der Waals surface area contributed by atoms with Crippen LogP contribution in [0.5, 0.6) is 0 Å². The number of aromatic nitrogens is 1. The van der Waals surface area contributed by atoms with Gasteiger partial charge >= 0.3 is 5.97 Å². The van der Waals surface area contributed by atoms with E-state index < -0.39 is 5.97 Å². The number of aryl methyl sites for hydroxylation is 1. The molecule has 6 heteroatoms. The molecular formula is C29H39N3O2S. The molecule has 0 bridgehead atoms. The monoisotopic (exact) mass is 493 g/mol. The molecule has 0 amide bonds. The number of nitrogens with one attached hydrogen (secondary N) is 1. The van der Waals surface area contributed by atoms with E-state index in [1.165, 1.54) is 5.56 Å². The molecule has 0 spiro atoms. The Bertz CT molecular complexity index is 1100. The molecule has 3 aromatic rings. The first-order chi connectivity index (χ1) is 16.6. The van der Waals surface area contributed by atoms with Crippen LogP contribution in [0.4, 0.5) is 16.4 Å². The molecular weight excluding hydrogens is 454 g/mol. The summed E-state index contributed by atoms with van der Waals surface area (Å²) in [4.78, 5) is 18.7. The van der Waals surface area contributed by atoms with Gasteiger partial charge in [0, 0.05) is 19.5 Å². The number of rotatable bonds is 12. The van der Waals surface area contributed by atoms with Gasteiger partial charge in [-0.25, -0.2) is 4.98 Å². The summed E-state index contributed by atoms with van der Waals surface area (Å²) in [6.07, 6.45) is 0.874. The zero-order valence-corrected chi connectivity index (χ0v) is 22.7. The van der Waals surface area contributed by atoms with Crippen LogP contribution >= 0.6 is 11.3 Å². The van der Waals surface area contributed by atoms with Crippen LogP contribution in [-0.4, -0.2) is 29.1 Å². The Hall–Kier alpha value is -2.86. The summed E-state index contributed by atoms with van der Waals surface area (Å²) in [7, 11) is 0. The zero-order valence-electron chi connectivity index (χ0n) is 21.8. The molecule has 0 saturated carbocycles. The molecule has 0 radical (unpaired) electrons. The lowest BCUT2D eigenvalue weighted by Gasteiger charge is -2.31. The van der Waals surface area contributed by atoms with Gasteiger partial charge in [-0.2, -0.15) is 0 Å². The van der Waals surface area contributed by atoms with Gasteiger partial charge in [0.25, 0.3) is 0 Å². The van der Waals surface area contributed by atoms with E-state index in [2.05, 4.69) is 80.4 Å². The largest absolute Gasteiger partial charge is 0.481 e. The fraction of sp³-hybridized carbons (Fsp3) is 0.448. The Kier molecular flexibility index (Phi) is 9.33. The molecule has 2 aromatic carbocycles. The summed E-state index contributed by atoms with van der Waals surface area (Å²) >= 11 is 1.67. The van der Waals surface area contributed by atoms with E-state index in [0.717, 1.165) is 52.2 Å². The summed E-state index contributed by atoms with van der Waals surface area (Å²) in [6.45, 7) is 14.9. The van der Waals surface area contributed by atoms with Crippen LogP contribution in [0, 0.1) is 18.8 Å². The number of hydrogen-bond donors (Lipinski definition) is 2.